The van der Waals surface area contributed by atoms with E-state index in [2.05, 4.69) is 24.3 Å². The first-order valence-corrected chi connectivity index (χ1v) is 6.10. The first kappa shape index (κ1) is 12.7. The van der Waals surface area contributed by atoms with Crippen LogP contribution in [0.4, 0.5) is 0 Å². The number of aliphatic hydroxyl groups is 1. The van der Waals surface area contributed by atoms with E-state index < -0.39 is 0 Å². The second kappa shape index (κ2) is 5.69. The van der Waals surface area contributed by atoms with Crippen molar-refractivity contribution >= 4 is 0 Å². The lowest BCUT2D eigenvalue weighted by molar-refractivity contribution is 0.273. The Morgan fingerprint density at radius 3 is 1.89 bits per heavy atom. The summed E-state index contributed by atoms with van der Waals surface area (Å²) in [5.74, 6) is 1.05. The minimum atomic E-state index is 0.182. The van der Waals surface area contributed by atoms with E-state index in [1.165, 1.54) is 11.1 Å². The van der Waals surface area contributed by atoms with Crippen molar-refractivity contribution in [2.45, 2.75) is 12.8 Å². The van der Waals surface area contributed by atoms with Crippen molar-refractivity contribution < 1.29 is 9.84 Å². The maximum Gasteiger partial charge on any atom is 0.118 e. The van der Waals surface area contributed by atoms with E-state index in [-0.39, 0.29) is 12.5 Å². The molecule has 1 unspecified atom stereocenters. The number of ether oxygens (including phenoxy) is 1. The predicted molar refractivity (Wildman–Crippen MR) is 73.9 cm³/mol. The Kier molecular flexibility index (Phi) is 4.00. The van der Waals surface area contributed by atoms with E-state index in [0.29, 0.717) is 0 Å². The minimum Gasteiger partial charge on any atom is -0.497 e. The molecule has 0 fully saturated rings. The second-order valence-corrected chi connectivity index (χ2v) is 4.43. The van der Waals surface area contributed by atoms with E-state index in [1.807, 2.05) is 31.2 Å². The fraction of sp³-hybridized carbons (Fsp3) is 0.250. The Balaban J connectivity index is 2.22. The summed E-state index contributed by atoms with van der Waals surface area (Å²) in [4.78, 5) is 0. The van der Waals surface area contributed by atoms with Crippen molar-refractivity contribution in [1.82, 2.24) is 0 Å². The van der Waals surface area contributed by atoms with Gasteiger partial charge in [-0.15, -0.1) is 0 Å². The highest BCUT2D eigenvalue weighted by Crippen LogP contribution is 2.24. The largest absolute Gasteiger partial charge is 0.497 e. The molecule has 94 valence electrons. The van der Waals surface area contributed by atoms with E-state index in [9.17, 15) is 0 Å². The molecule has 0 aliphatic carbocycles. The van der Waals surface area contributed by atoms with Crippen molar-refractivity contribution in [3.8, 4) is 16.9 Å². The zero-order valence-corrected chi connectivity index (χ0v) is 10.8. The Morgan fingerprint density at radius 1 is 0.944 bits per heavy atom. The third-order valence-corrected chi connectivity index (χ3v) is 3.18. The molecule has 2 aromatic carbocycles. The van der Waals surface area contributed by atoms with Gasteiger partial charge in [-0.1, -0.05) is 43.3 Å². The van der Waals surface area contributed by atoms with Gasteiger partial charge in [-0.05, 0) is 28.8 Å². The number of hydrogen-bond acceptors (Lipinski definition) is 2. The Bertz CT molecular complexity index is 486. The first-order valence-electron chi connectivity index (χ1n) is 6.10. The lowest BCUT2D eigenvalue weighted by atomic mass is 9.98. The van der Waals surface area contributed by atoms with Gasteiger partial charge in [0.25, 0.3) is 0 Å². The van der Waals surface area contributed by atoms with Gasteiger partial charge < -0.3 is 9.84 Å². The third kappa shape index (κ3) is 2.71. The summed E-state index contributed by atoms with van der Waals surface area (Å²) >= 11 is 0. The van der Waals surface area contributed by atoms with Gasteiger partial charge in [-0.3, -0.25) is 0 Å². The number of rotatable bonds is 4. The highest BCUT2D eigenvalue weighted by molar-refractivity contribution is 5.64. The Hall–Kier alpha value is -1.80. The number of benzene rings is 2. The fourth-order valence-electron chi connectivity index (χ4n) is 1.89. The standard InChI is InChI=1S/C16H18O2/c1-12(11-17)13-3-5-14(6-4-13)15-7-9-16(18-2)10-8-15/h3-10,12,17H,11H2,1-2H3. The lowest BCUT2D eigenvalue weighted by Gasteiger charge is -2.09. The molecule has 0 radical (unpaired) electrons. The zero-order chi connectivity index (χ0) is 13.0. The average molecular weight is 242 g/mol. The van der Waals surface area contributed by atoms with E-state index in [0.717, 1.165) is 11.3 Å². The zero-order valence-electron chi connectivity index (χ0n) is 10.8. The normalized spacial score (nSPS) is 12.2. The number of aliphatic hydroxyl groups excluding tert-OH is 1. The lowest BCUT2D eigenvalue weighted by Crippen LogP contribution is -1.98. The molecule has 0 amide bonds. The molecule has 0 heterocycles. The van der Waals surface area contributed by atoms with Gasteiger partial charge >= 0.3 is 0 Å². The van der Waals surface area contributed by atoms with Crippen LogP contribution in [0.1, 0.15) is 18.4 Å². The highest BCUT2D eigenvalue weighted by Gasteiger charge is 2.04. The van der Waals surface area contributed by atoms with Crippen molar-refractivity contribution in [2.75, 3.05) is 13.7 Å². The summed E-state index contributed by atoms with van der Waals surface area (Å²) < 4.78 is 5.14. The van der Waals surface area contributed by atoms with Crippen molar-refractivity contribution in [3.05, 3.63) is 54.1 Å². The van der Waals surface area contributed by atoms with Crippen LogP contribution in [-0.4, -0.2) is 18.8 Å². The van der Waals surface area contributed by atoms with Crippen LogP contribution in [0.3, 0.4) is 0 Å². The van der Waals surface area contributed by atoms with Crippen LogP contribution < -0.4 is 4.74 Å². The van der Waals surface area contributed by atoms with Crippen molar-refractivity contribution in [1.29, 1.82) is 0 Å². The molecule has 0 saturated heterocycles. The molecule has 2 heteroatoms. The summed E-state index contributed by atoms with van der Waals surface area (Å²) in [6.45, 7) is 2.20. The van der Waals surface area contributed by atoms with Crippen LogP contribution in [0, 0.1) is 0 Å². The average Bonchev–Trinajstić information content (AvgIpc) is 2.47. The van der Waals surface area contributed by atoms with Crippen LogP contribution in [-0.2, 0) is 0 Å². The number of methoxy groups -OCH3 is 1. The molecule has 0 aliphatic heterocycles. The van der Waals surface area contributed by atoms with Crippen molar-refractivity contribution in [2.24, 2.45) is 0 Å². The molecule has 2 rings (SSSR count). The quantitative estimate of drug-likeness (QED) is 0.889. The first-order chi connectivity index (χ1) is 8.74. The van der Waals surface area contributed by atoms with Crippen LogP contribution in [0.25, 0.3) is 11.1 Å². The summed E-state index contributed by atoms with van der Waals surface area (Å²) in [7, 11) is 1.67. The van der Waals surface area contributed by atoms with Gasteiger partial charge in [0.15, 0.2) is 0 Å². The minimum absolute atomic E-state index is 0.182. The van der Waals surface area contributed by atoms with E-state index in [1.54, 1.807) is 7.11 Å². The van der Waals surface area contributed by atoms with Gasteiger partial charge in [0.05, 0.1) is 7.11 Å². The molecular formula is C16H18O2. The van der Waals surface area contributed by atoms with E-state index in [4.69, 9.17) is 9.84 Å². The molecule has 0 saturated carbocycles. The van der Waals surface area contributed by atoms with Gasteiger partial charge in [0, 0.05) is 12.5 Å². The molecular weight excluding hydrogens is 224 g/mol. The van der Waals surface area contributed by atoms with Gasteiger partial charge in [-0.25, -0.2) is 0 Å². The molecule has 1 N–H and O–H groups in total. The fourth-order valence-corrected chi connectivity index (χ4v) is 1.89. The molecule has 0 spiro atoms. The van der Waals surface area contributed by atoms with Gasteiger partial charge in [0.2, 0.25) is 0 Å². The van der Waals surface area contributed by atoms with Crippen LogP contribution in [0.2, 0.25) is 0 Å². The van der Waals surface area contributed by atoms with Crippen molar-refractivity contribution in [3.63, 3.8) is 0 Å². The van der Waals surface area contributed by atoms with E-state index >= 15 is 0 Å². The summed E-state index contributed by atoms with van der Waals surface area (Å²) in [6, 6.07) is 16.3. The van der Waals surface area contributed by atoms with Crippen LogP contribution in [0.15, 0.2) is 48.5 Å². The molecule has 1 atom stereocenters. The molecule has 2 nitrogen and oxygen atoms in total. The summed E-state index contributed by atoms with van der Waals surface area (Å²) in [6.07, 6.45) is 0. The SMILES string of the molecule is COc1ccc(-c2ccc(C(C)CO)cc2)cc1. The monoisotopic (exact) mass is 242 g/mol. The highest BCUT2D eigenvalue weighted by atomic mass is 16.5. The second-order valence-electron chi connectivity index (χ2n) is 4.43. The molecule has 2 aromatic rings. The Labute approximate surface area is 108 Å². The molecule has 0 bridgehead atoms. The molecule has 0 aromatic heterocycles. The Morgan fingerprint density at radius 2 is 1.44 bits per heavy atom. The summed E-state index contributed by atoms with van der Waals surface area (Å²) in [5, 5.41) is 9.12. The topological polar surface area (TPSA) is 29.5 Å². The third-order valence-electron chi connectivity index (χ3n) is 3.18. The number of hydrogen-bond donors (Lipinski definition) is 1. The summed E-state index contributed by atoms with van der Waals surface area (Å²) in [5.41, 5.74) is 3.50. The predicted octanol–water partition coefficient (Wildman–Crippen LogP) is 3.46. The van der Waals surface area contributed by atoms with Crippen LogP contribution in [0.5, 0.6) is 5.75 Å². The molecule has 18 heavy (non-hydrogen) atoms. The molecule has 0 aliphatic rings. The van der Waals surface area contributed by atoms with Crippen LogP contribution >= 0.6 is 0 Å². The van der Waals surface area contributed by atoms with Gasteiger partial charge in [-0.2, -0.15) is 0 Å². The maximum absolute atomic E-state index is 9.12. The smallest absolute Gasteiger partial charge is 0.118 e. The van der Waals surface area contributed by atoms with Gasteiger partial charge in [0.1, 0.15) is 5.75 Å². The maximum atomic E-state index is 9.12.